The van der Waals surface area contributed by atoms with Crippen molar-refractivity contribution >= 4 is 33.5 Å². The van der Waals surface area contributed by atoms with E-state index in [0.29, 0.717) is 12.1 Å². The third-order valence-corrected chi connectivity index (χ3v) is 5.38. The SMILES string of the molecule is Cc1nn(Cc2ccc(C(=O)Nc3cnn(C)c3C(=O)O)cc2)c(C)c1Br. The minimum Gasteiger partial charge on any atom is -0.476 e. The normalized spacial score (nSPS) is 10.8. The topological polar surface area (TPSA) is 102 Å². The van der Waals surface area contributed by atoms with Gasteiger partial charge in [0.1, 0.15) is 0 Å². The number of carbonyl (C=O) groups is 2. The number of aromatic carboxylic acids is 1. The molecule has 0 fully saturated rings. The van der Waals surface area contributed by atoms with E-state index in [1.807, 2.05) is 30.7 Å². The first-order chi connectivity index (χ1) is 12.8. The van der Waals surface area contributed by atoms with Gasteiger partial charge in [0.05, 0.1) is 34.3 Å². The largest absolute Gasteiger partial charge is 0.476 e. The number of hydrogen-bond acceptors (Lipinski definition) is 4. The summed E-state index contributed by atoms with van der Waals surface area (Å²) in [7, 11) is 1.51. The van der Waals surface area contributed by atoms with Gasteiger partial charge < -0.3 is 10.4 Å². The van der Waals surface area contributed by atoms with Gasteiger partial charge in [0.2, 0.25) is 0 Å². The second kappa shape index (κ2) is 7.36. The Hall–Kier alpha value is -2.94. The number of amides is 1. The molecular formula is C18H18BrN5O3. The zero-order valence-electron chi connectivity index (χ0n) is 15.0. The quantitative estimate of drug-likeness (QED) is 0.646. The van der Waals surface area contributed by atoms with Gasteiger partial charge in [0.25, 0.3) is 5.91 Å². The highest BCUT2D eigenvalue weighted by molar-refractivity contribution is 9.10. The van der Waals surface area contributed by atoms with E-state index in [2.05, 4.69) is 31.4 Å². The number of carboxylic acids is 1. The summed E-state index contributed by atoms with van der Waals surface area (Å²) >= 11 is 3.51. The lowest BCUT2D eigenvalue weighted by Gasteiger charge is -2.07. The third kappa shape index (κ3) is 3.77. The van der Waals surface area contributed by atoms with E-state index in [4.69, 9.17) is 0 Å². The Morgan fingerprint density at radius 3 is 2.44 bits per heavy atom. The van der Waals surface area contributed by atoms with E-state index >= 15 is 0 Å². The molecule has 3 rings (SSSR count). The fourth-order valence-electron chi connectivity index (χ4n) is 2.74. The maximum absolute atomic E-state index is 12.4. The molecule has 0 bridgehead atoms. The smallest absolute Gasteiger partial charge is 0.356 e. The van der Waals surface area contributed by atoms with Crippen molar-refractivity contribution in [3.63, 3.8) is 0 Å². The summed E-state index contributed by atoms with van der Waals surface area (Å²) in [4.78, 5) is 23.7. The number of carbonyl (C=O) groups excluding carboxylic acids is 1. The van der Waals surface area contributed by atoms with Gasteiger partial charge in [-0.05, 0) is 47.5 Å². The molecule has 0 atom stereocenters. The van der Waals surface area contributed by atoms with Gasteiger partial charge in [0.15, 0.2) is 5.69 Å². The van der Waals surface area contributed by atoms with Crippen molar-refractivity contribution in [1.29, 1.82) is 0 Å². The Kier molecular flexibility index (Phi) is 5.13. The van der Waals surface area contributed by atoms with E-state index in [1.165, 1.54) is 17.9 Å². The molecule has 0 aliphatic carbocycles. The van der Waals surface area contributed by atoms with Crippen molar-refractivity contribution in [3.8, 4) is 0 Å². The first-order valence-corrected chi connectivity index (χ1v) is 8.92. The van der Waals surface area contributed by atoms with Crippen molar-refractivity contribution in [2.75, 3.05) is 5.32 Å². The van der Waals surface area contributed by atoms with E-state index < -0.39 is 11.9 Å². The third-order valence-electron chi connectivity index (χ3n) is 4.23. The lowest BCUT2D eigenvalue weighted by Crippen LogP contribution is -2.15. The lowest BCUT2D eigenvalue weighted by molar-refractivity contribution is 0.0686. The summed E-state index contributed by atoms with van der Waals surface area (Å²) < 4.78 is 4.08. The van der Waals surface area contributed by atoms with Crippen LogP contribution in [0.1, 0.15) is 37.8 Å². The Balaban J connectivity index is 1.74. The highest BCUT2D eigenvalue weighted by Gasteiger charge is 2.18. The first kappa shape index (κ1) is 18.8. The van der Waals surface area contributed by atoms with E-state index in [1.54, 1.807) is 12.1 Å². The molecule has 140 valence electrons. The molecule has 1 amide bonds. The molecule has 0 saturated carbocycles. The Bertz CT molecular complexity index is 1020. The molecule has 0 spiro atoms. The van der Waals surface area contributed by atoms with Gasteiger partial charge in [-0.2, -0.15) is 10.2 Å². The average molecular weight is 432 g/mol. The number of anilines is 1. The highest BCUT2D eigenvalue weighted by Crippen LogP contribution is 2.21. The summed E-state index contributed by atoms with van der Waals surface area (Å²) in [6, 6.07) is 7.09. The van der Waals surface area contributed by atoms with Gasteiger partial charge >= 0.3 is 5.97 Å². The molecule has 8 nitrogen and oxygen atoms in total. The molecule has 0 unspecified atom stereocenters. The molecule has 3 aromatic rings. The van der Waals surface area contributed by atoms with Crippen LogP contribution in [0.2, 0.25) is 0 Å². The molecule has 2 aromatic heterocycles. The van der Waals surface area contributed by atoms with Crippen LogP contribution in [0.15, 0.2) is 34.9 Å². The van der Waals surface area contributed by atoms with Crippen LogP contribution in [0, 0.1) is 13.8 Å². The summed E-state index contributed by atoms with van der Waals surface area (Å²) in [5.41, 5.74) is 3.47. The Morgan fingerprint density at radius 2 is 1.89 bits per heavy atom. The number of benzene rings is 1. The standard InChI is InChI=1S/C18H18BrN5O3/c1-10-15(19)11(2)24(22-10)9-12-4-6-13(7-5-12)17(25)21-14-8-20-23(3)16(14)18(26)27/h4-8H,9H2,1-3H3,(H,21,25)(H,26,27). The minimum absolute atomic E-state index is 0.0740. The molecule has 0 saturated heterocycles. The minimum atomic E-state index is -1.16. The predicted molar refractivity (Wildman–Crippen MR) is 103 cm³/mol. The van der Waals surface area contributed by atoms with Crippen LogP contribution in [-0.2, 0) is 13.6 Å². The van der Waals surface area contributed by atoms with Crippen LogP contribution in [-0.4, -0.2) is 36.5 Å². The summed E-state index contributed by atoms with van der Waals surface area (Å²) in [6.07, 6.45) is 1.32. The molecule has 2 N–H and O–H groups in total. The number of hydrogen-bond donors (Lipinski definition) is 2. The number of aryl methyl sites for hydroxylation is 2. The first-order valence-electron chi connectivity index (χ1n) is 8.13. The lowest BCUT2D eigenvalue weighted by atomic mass is 10.1. The fourth-order valence-corrected chi connectivity index (χ4v) is 3.02. The zero-order valence-corrected chi connectivity index (χ0v) is 16.6. The van der Waals surface area contributed by atoms with Gasteiger partial charge in [0, 0.05) is 12.6 Å². The number of nitrogens with zero attached hydrogens (tertiary/aromatic N) is 4. The highest BCUT2D eigenvalue weighted by atomic mass is 79.9. The van der Waals surface area contributed by atoms with E-state index in [-0.39, 0.29) is 11.4 Å². The molecule has 9 heteroatoms. The maximum Gasteiger partial charge on any atom is 0.356 e. The van der Waals surface area contributed by atoms with Crippen molar-refractivity contribution in [2.24, 2.45) is 7.05 Å². The van der Waals surface area contributed by atoms with Crippen molar-refractivity contribution < 1.29 is 14.7 Å². The van der Waals surface area contributed by atoms with Crippen LogP contribution >= 0.6 is 15.9 Å². The van der Waals surface area contributed by atoms with Gasteiger partial charge in [-0.15, -0.1) is 0 Å². The van der Waals surface area contributed by atoms with Crippen molar-refractivity contribution in [1.82, 2.24) is 19.6 Å². The second-order valence-electron chi connectivity index (χ2n) is 6.13. The monoisotopic (exact) mass is 431 g/mol. The fraction of sp³-hybridized carbons (Fsp3) is 0.222. The van der Waals surface area contributed by atoms with Gasteiger partial charge in [-0.1, -0.05) is 12.1 Å². The van der Waals surface area contributed by atoms with Crippen LogP contribution in [0.4, 0.5) is 5.69 Å². The molecular weight excluding hydrogens is 414 g/mol. The van der Waals surface area contributed by atoms with Crippen molar-refractivity contribution in [2.45, 2.75) is 20.4 Å². The van der Waals surface area contributed by atoms with Crippen LogP contribution in [0.5, 0.6) is 0 Å². The van der Waals surface area contributed by atoms with Crippen molar-refractivity contribution in [3.05, 3.63) is 63.1 Å². The number of nitrogens with one attached hydrogen (secondary N) is 1. The Morgan fingerprint density at radius 1 is 1.22 bits per heavy atom. The molecule has 1 aromatic carbocycles. The van der Waals surface area contributed by atoms with Crippen LogP contribution in [0.3, 0.4) is 0 Å². The maximum atomic E-state index is 12.4. The van der Waals surface area contributed by atoms with Gasteiger partial charge in [-0.3, -0.25) is 14.2 Å². The molecule has 0 aliphatic rings. The molecule has 0 aliphatic heterocycles. The Labute approximate surface area is 163 Å². The van der Waals surface area contributed by atoms with Gasteiger partial charge in [-0.25, -0.2) is 4.79 Å². The summed E-state index contributed by atoms with van der Waals surface area (Å²) in [5, 5.41) is 20.1. The number of aromatic nitrogens is 4. The molecule has 0 radical (unpaired) electrons. The van der Waals surface area contributed by atoms with E-state index in [9.17, 15) is 14.7 Å². The summed E-state index contributed by atoms with van der Waals surface area (Å²) in [5.74, 6) is -1.55. The zero-order chi connectivity index (χ0) is 19.7. The number of halogens is 1. The predicted octanol–water partition coefficient (Wildman–Crippen LogP) is 2.99. The van der Waals surface area contributed by atoms with E-state index in [0.717, 1.165) is 21.4 Å². The van der Waals surface area contributed by atoms with Crippen LogP contribution < -0.4 is 5.32 Å². The molecule has 2 heterocycles. The number of rotatable bonds is 5. The second-order valence-corrected chi connectivity index (χ2v) is 6.92. The molecule has 27 heavy (non-hydrogen) atoms. The average Bonchev–Trinajstić information content (AvgIpc) is 3.10. The van der Waals surface area contributed by atoms with Crippen LogP contribution in [0.25, 0.3) is 0 Å². The summed E-state index contributed by atoms with van der Waals surface area (Å²) in [6.45, 7) is 4.51. The number of carboxylic acid groups (broad SMARTS) is 1.